The molecule has 1 saturated heterocycles. The number of hydrogen-bond acceptors (Lipinski definition) is 3. The summed E-state index contributed by atoms with van der Waals surface area (Å²) in [7, 11) is 0. The molecule has 0 bridgehead atoms. The van der Waals surface area contributed by atoms with Crippen LogP contribution >= 0.6 is 0 Å². The molecule has 3 aromatic carbocycles. The molecule has 0 spiro atoms. The molecule has 1 aliphatic carbocycles. The third-order valence-electron chi connectivity index (χ3n) is 6.31. The van der Waals surface area contributed by atoms with Gasteiger partial charge in [-0.2, -0.15) is 0 Å². The van der Waals surface area contributed by atoms with E-state index in [-0.39, 0.29) is 11.9 Å². The maximum absolute atomic E-state index is 14.1. The third-order valence-corrected chi connectivity index (χ3v) is 6.31. The van der Waals surface area contributed by atoms with Crippen molar-refractivity contribution >= 4 is 5.78 Å². The van der Waals surface area contributed by atoms with Crippen LogP contribution in [0.2, 0.25) is 0 Å². The van der Waals surface area contributed by atoms with Gasteiger partial charge in [-0.1, -0.05) is 36.4 Å². The molecule has 0 atom stereocenters. The van der Waals surface area contributed by atoms with Gasteiger partial charge in [-0.3, -0.25) is 4.79 Å². The number of ketones is 1. The number of aryl methyl sites for hydroxylation is 1. The first kappa shape index (κ1) is 20.8. The highest BCUT2D eigenvalue weighted by Gasteiger charge is 2.25. The van der Waals surface area contributed by atoms with Crippen molar-refractivity contribution in [2.75, 3.05) is 13.2 Å². The summed E-state index contributed by atoms with van der Waals surface area (Å²) in [6.45, 7) is 1.39. The van der Waals surface area contributed by atoms with E-state index in [0.717, 1.165) is 41.3 Å². The molecule has 0 unspecified atom stereocenters. The van der Waals surface area contributed by atoms with Crippen LogP contribution in [0.5, 0.6) is 5.75 Å². The highest BCUT2D eigenvalue weighted by molar-refractivity contribution is 6.11. The van der Waals surface area contributed by atoms with Crippen molar-refractivity contribution in [3.05, 3.63) is 99.6 Å². The summed E-state index contributed by atoms with van der Waals surface area (Å²) in [6, 6.07) is 15.0. The Hall–Kier alpha value is -3.05. The molecule has 3 nitrogen and oxygen atoms in total. The van der Waals surface area contributed by atoms with E-state index in [1.165, 1.54) is 12.1 Å². The Morgan fingerprint density at radius 3 is 2.59 bits per heavy atom. The van der Waals surface area contributed by atoms with E-state index in [1.807, 2.05) is 36.4 Å². The smallest absolute Gasteiger partial charge is 0.193 e. The summed E-state index contributed by atoms with van der Waals surface area (Å²) in [5, 5.41) is 0. The van der Waals surface area contributed by atoms with Crippen molar-refractivity contribution < 1.29 is 23.0 Å². The normalized spacial score (nSPS) is 16.2. The maximum atomic E-state index is 14.1. The highest BCUT2D eigenvalue weighted by Crippen LogP contribution is 2.33. The van der Waals surface area contributed by atoms with Crippen molar-refractivity contribution in [1.82, 2.24) is 0 Å². The minimum absolute atomic E-state index is 0.00978. The van der Waals surface area contributed by atoms with Crippen LogP contribution in [0.3, 0.4) is 0 Å². The zero-order valence-electron chi connectivity index (χ0n) is 17.7. The Bertz CT molecular complexity index is 1170. The SMILES string of the molecule is O=C1c2ccc(Cc3ccc(F)cc3F)cc2CCc2c(OC3CCOCC3)cccc21. The van der Waals surface area contributed by atoms with Gasteiger partial charge in [0, 0.05) is 42.0 Å². The van der Waals surface area contributed by atoms with Crippen LogP contribution in [0.15, 0.2) is 54.6 Å². The molecule has 1 heterocycles. The minimum Gasteiger partial charge on any atom is -0.490 e. The molecule has 0 aromatic heterocycles. The molecule has 0 saturated carbocycles. The summed E-state index contributed by atoms with van der Waals surface area (Å²) in [6.07, 6.45) is 3.54. The molecule has 5 rings (SSSR count). The number of benzene rings is 3. The second kappa shape index (κ2) is 8.83. The Morgan fingerprint density at radius 1 is 0.938 bits per heavy atom. The van der Waals surface area contributed by atoms with Crippen LogP contribution in [-0.4, -0.2) is 25.1 Å². The van der Waals surface area contributed by atoms with Gasteiger partial charge in [-0.15, -0.1) is 0 Å². The summed E-state index contributed by atoms with van der Waals surface area (Å²) in [5.41, 5.74) is 4.59. The molecule has 0 amide bonds. The molecule has 1 aliphatic heterocycles. The quantitative estimate of drug-likeness (QED) is 0.548. The molecule has 0 radical (unpaired) electrons. The third kappa shape index (κ3) is 4.17. The molecule has 5 heteroatoms. The average molecular weight is 434 g/mol. The van der Waals surface area contributed by atoms with Gasteiger partial charge in [0.05, 0.1) is 13.2 Å². The predicted octanol–water partition coefficient (Wildman–Crippen LogP) is 5.44. The van der Waals surface area contributed by atoms with Gasteiger partial charge < -0.3 is 9.47 Å². The first-order chi connectivity index (χ1) is 15.6. The number of carbonyl (C=O) groups excluding carboxylic acids is 1. The summed E-state index contributed by atoms with van der Waals surface area (Å²) in [5.74, 6) is -0.373. The van der Waals surface area contributed by atoms with E-state index in [0.29, 0.717) is 49.2 Å². The highest BCUT2D eigenvalue weighted by atomic mass is 19.1. The predicted molar refractivity (Wildman–Crippen MR) is 117 cm³/mol. The van der Waals surface area contributed by atoms with Gasteiger partial charge in [-0.25, -0.2) is 8.78 Å². The van der Waals surface area contributed by atoms with Crippen LogP contribution < -0.4 is 4.74 Å². The van der Waals surface area contributed by atoms with E-state index >= 15 is 0 Å². The lowest BCUT2D eigenvalue weighted by atomic mass is 9.95. The molecule has 2 aliphatic rings. The van der Waals surface area contributed by atoms with Gasteiger partial charge in [0.15, 0.2) is 5.78 Å². The van der Waals surface area contributed by atoms with E-state index in [1.54, 1.807) is 0 Å². The fourth-order valence-corrected chi connectivity index (χ4v) is 4.60. The molecule has 1 fully saturated rings. The maximum Gasteiger partial charge on any atom is 0.193 e. The molecule has 164 valence electrons. The number of rotatable bonds is 4. The van der Waals surface area contributed by atoms with Crippen molar-refractivity contribution in [1.29, 1.82) is 0 Å². The van der Waals surface area contributed by atoms with Crippen LogP contribution in [0.4, 0.5) is 8.78 Å². The van der Waals surface area contributed by atoms with Gasteiger partial charge in [-0.05, 0) is 41.7 Å². The molecular weight excluding hydrogens is 410 g/mol. The zero-order valence-corrected chi connectivity index (χ0v) is 17.7. The van der Waals surface area contributed by atoms with Crippen LogP contribution in [-0.2, 0) is 24.0 Å². The van der Waals surface area contributed by atoms with E-state index in [2.05, 4.69) is 0 Å². The van der Waals surface area contributed by atoms with Crippen molar-refractivity contribution in [3.8, 4) is 5.75 Å². The number of ether oxygens (including phenoxy) is 2. The largest absolute Gasteiger partial charge is 0.490 e. The number of carbonyl (C=O) groups is 1. The first-order valence-corrected chi connectivity index (χ1v) is 11.1. The Kier molecular flexibility index (Phi) is 5.75. The Labute approximate surface area is 186 Å². The monoisotopic (exact) mass is 434 g/mol. The van der Waals surface area contributed by atoms with E-state index < -0.39 is 11.6 Å². The Balaban J connectivity index is 1.42. The van der Waals surface area contributed by atoms with Crippen molar-refractivity contribution in [3.63, 3.8) is 0 Å². The average Bonchev–Trinajstić information content (AvgIpc) is 2.94. The van der Waals surface area contributed by atoms with Crippen LogP contribution in [0, 0.1) is 11.6 Å². The molecule has 3 aromatic rings. The summed E-state index contributed by atoms with van der Waals surface area (Å²) < 4.78 is 39.0. The van der Waals surface area contributed by atoms with Crippen LogP contribution in [0.25, 0.3) is 0 Å². The van der Waals surface area contributed by atoms with Gasteiger partial charge in [0.25, 0.3) is 0 Å². The van der Waals surface area contributed by atoms with E-state index in [4.69, 9.17) is 9.47 Å². The summed E-state index contributed by atoms with van der Waals surface area (Å²) >= 11 is 0. The second-order valence-electron chi connectivity index (χ2n) is 8.44. The van der Waals surface area contributed by atoms with Gasteiger partial charge in [0.2, 0.25) is 0 Å². The van der Waals surface area contributed by atoms with E-state index in [9.17, 15) is 13.6 Å². The number of halogens is 2. The topological polar surface area (TPSA) is 35.5 Å². The summed E-state index contributed by atoms with van der Waals surface area (Å²) in [4.78, 5) is 13.4. The Morgan fingerprint density at radius 2 is 1.78 bits per heavy atom. The lowest BCUT2D eigenvalue weighted by Gasteiger charge is -2.25. The lowest BCUT2D eigenvalue weighted by Crippen LogP contribution is -2.26. The van der Waals surface area contributed by atoms with Gasteiger partial charge in [0.1, 0.15) is 23.5 Å². The minimum atomic E-state index is -0.588. The molecule has 0 N–H and O–H groups in total. The van der Waals surface area contributed by atoms with Crippen molar-refractivity contribution in [2.45, 2.75) is 38.2 Å². The standard InChI is InChI=1S/C27H24F2O3/c28-20-7-5-19(25(29)16-20)15-17-4-8-22-18(14-17)6-9-23-24(27(22)30)2-1-3-26(23)32-21-10-12-31-13-11-21/h1-5,7-8,14,16,21H,6,9-13,15H2. The number of fused-ring (bicyclic) bond motifs is 2. The van der Waals surface area contributed by atoms with Gasteiger partial charge >= 0.3 is 0 Å². The second-order valence-corrected chi connectivity index (χ2v) is 8.44. The van der Waals surface area contributed by atoms with Crippen molar-refractivity contribution in [2.24, 2.45) is 0 Å². The van der Waals surface area contributed by atoms with Crippen LogP contribution in [0.1, 0.15) is 51.0 Å². The molecular formula is C27H24F2O3. The fraction of sp³-hybridized carbons (Fsp3) is 0.296. The first-order valence-electron chi connectivity index (χ1n) is 11.1. The zero-order chi connectivity index (χ0) is 22.1. The molecule has 32 heavy (non-hydrogen) atoms. The number of hydrogen-bond donors (Lipinski definition) is 0. The fourth-order valence-electron chi connectivity index (χ4n) is 4.60. The lowest BCUT2D eigenvalue weighted by molar-refractivity contribution is 0.0251.